The zero-order chi connectivity index (χ0) is 9.84. The lowest BCUT2D eigenvalue weighted by atomic mass is 10.2. The van der Waals surface area contributed by atoms with Gasteiger partial charge in [0.05, 0.1) is 18.2 Å². The first-order valence-corrected chi connectivity index (χ1v) is 4.31. The quantitative estimate of drug-likeness (QED) is 0.788. The largest absolute Gasteiger partial charge is 0.504 e. The van der Waals surface area contributed by atoms with Crippen LogP contribution in [0, 0.1) is 0 Å². The first-order chi connectivity index (χ1) is 6.19. The topological polar surface area (TPSA) is 49.7 Å². The van der Waals surface area contributed by atoms with Crippen LogP contribution < -0.4 is 4.74 Å². The van der Waals surface area contributed by atoms with Crippen LogP contribution in [0.15, 0.2) is 12.1 Å². The van der Waals surface area contributed by atoms with Crippen LogP contribution in [0.3, 0.4) is 0 Å². The van der Waals surface area contributed by atoms with Crippen molar-refractivity contribution in [3.8, 4) is 11.5 Å². The second-order valence-electron chi connectivity index (χ2n) is 2.50. The van der Waals surface area contributed by atoms with Gasteiger partial charge in [-0.3, -0.25) is 0 Å². The maximum Gasteiger partial charge on any atom is 0.161 e. The van der Waals surface area contributed by atoms with Gasteiger partial charge in [0.1, 0.15) is 0 Å². The minimum absolute atomic E-state index is 0.0101. The number of phenols is 1. The molecular formula is C9H11ClO3. The normalized spacial score (nSPS) is 10.1. The molecule has 0 radical (unpaired) electrons. The Morgan fingerprint density at radius 3 is 2.69 bits per heavy atom. The molecule has 1 rings (SSSR count). The van der Waals surface area contributed by atoms with Crippen molar-refractivity contribution in [3.63, 3.8) is 0 Å². The van der Waals surface area contributed by atoms with Crippen molar-refractivity contribution in [2.75, 3.05) is 6.61 Å². The number of phenolic OH excluding ortho intramolecular Hbond substituents is 1. The third kappa shape index (κ3) is 2.26. The van der Waals surface area contributed by atoms with Gasteiger partial charge in [-0.1, -0.05) is 11.6 Å². The Balaban J connectivity index is 3.06. The molecule has 0 amide bonds. The smallest absolute Gasteiger partial charge is 0.161 e. The number of aliphatic hydroxyl groups excluding tert-OH is 1. The van der Waals surface area contributed by atoms with Crippen LogP contribution in [0.2, 0.25) is 5.02 Å². The lowest BCUT2D eigenvalue weighted by Crippen LogP contribution is -1.94. The molecule has 1 aromatic carbocycles. The molecule has 0 aliphatic heterocycles. The van der Waals surface area contributed by atoms with Gasteiger partial charge in [0.2, 0.25) is 0 Å². The molecule has 4 heteroatoms. The minimum Gasteiger partial charge on any atom is -0.504 e. The van der Waals surface area contributed by atoms with Crippen LogP contribution in [0.5, 0.6) is 11.5 Å². The minimum atomic E-state index is -0.167. The highest BCUT2D eigenvalue weighted by molar-refractivity contribution is 6.31. The summed E-state index contributed by atoms with van der Waals surface area (Å²) < 4.78 is 5.11. The highest BCUT2D eigenvalue weighted by atomic mass is 35.5. The fourth-order valence-corrected chi connectivity index (χ4v) is 1.19. The Morgan fingerprint density at radius 1 is 1.46 bits per heavy atom. The fraction of sp³-hybridized carbons (Fsp3) is 0.333. The molecule has 0 spiro atoms. The van der Waals surface area contributed by atoms with E-state index in [1.165, 1.54) is 12.1 Å². The van der Waals surface area contributed by atoms with E-state index in [1.807, 2.05) is 6.92 Å². The van der Waals surface area contributed by atoms with E-state index in [1.54, 1.807) is 0 Å². The van der Waals surface area contributed by atoms with Crippen LogP contribution in [0.1, 0.15) is 12.5 Å². The summed E-state index contributed by atoms with van der Waals surface area (Å²) in [5.74, 6) is 0.333. The predicted molar refractivity (Wildman–Crippen MR) is 50.2 cm³/mol. The van der Waals surface area contributed by atoms with E-state index in [4.69, 9.17) is 21.4 Å². The number of ether oxygens (including phenoxy) is 1. The molecule has 0 aliphatic rings. The molecule has 0 heterocycles. The Hall–Kier alpha value is -0.930. The molecule has 72 valence electrons. The number of aliphatic hydroxyl groups is 1. The van der Waals surface area contributed by atoms with Gasteiger partial charge >= 0.3 is 0 Å². The standard InChI is InChI=1S/C9H11ClO3/c1-2-13-9-3-6(5-11)7(10)4-8(9)12/h3-4,11-12H,2,5H2,1H3. The Labute approximate surface area is 81.5 Å². The predicted octanol–water partition coefficient (Wildman–Crippen LogP) is 1.94. The van der Waals surface area contributed by atoms with E-state index in [9.17, 15) is 5.11 Å². The summed E-state index contributed by atoms with van der Waals surface area (Å²) in [6.07, 6.45) is 0. The molecule has 0 atom stereocenters. The Bertz CT molecular complexity index is 299. The second-order valence-corrected chi connectivity index (χ2v) is 2.91. The maximum atomic E-state index is 9.35. The van der Waals surface area contributed by atoms with Gasteiger partial charge in [-0.2, -0.15) is 0 Å². The molecule has 0 aromatic heterocycles. The first-order valence-electron chi connectivity index (χ1n) is 3.94. The highest BCUT2D eigenvalue weighted by Gasteiger charge is 2.07. The fourth-order valence-electron chi connectivity index (χ4n) is 0.977. The van der Waals surface area contributed by atoms with Gasteiger partial charge in [0, 0.05) is 6.07 Å². The van der Waals surface area contributed by atoms with E-state index in [2.05, 4.69) is 0 Å². The number of benzene rings is 1. The van der Waals surface area contributed by atoms with Crippen molar-refractivity contribution in [2.45, 2.75) is 13.5 Å². The van der Waals surface area contributed by atoms with Gasteiger partial charge in [-0.05, 0) is 18.6 Å². The zero-order valence-electron chi connectivity index (χ0n) is 7.25. The molecule has 0 unspecified atom stereocenters. The zero-order valence-corrected chi connectivity index (χ0v) is 8.01. The number of aromatic hydroxyl groups is 1. The maximum absolute atomic E-state index is 9.35. The summed E-state index contributed by atoms with van der Waals surface area (Å²) in [5, 5.41) is 18.6. The Kier molecular flexibility index (Phi) is 3.39. The third-order valence-electron chi connectivity index (χ3n) is 1.60. The van der Waals surface area contributed by atoms with Crippen LogP contribution in [-0.4, -0.2) is 16.8 Å². The summed E-state index contributed by atoms with van der Waals surface area (Å²) in [4.78, 5) is 0. The van der Waals surface area contributed by atoms with Gasteiger partial charge in [0.25, 0.3) is 0 Å². The van der Waals surface area contributed by atoms with Gasteiger partial charge in [-0.25, -0.2) is 0 Å². The summed E-state index contributed by atoms with van der Waals surface area (Å²) in [6, 6.07) is 2.89. The highest BCUT2D eigenvalue weighted by Crippen LogP contribution is 2.32. The molecule has 0 aliphatic carbocycles. The number of rotatable bonds is 3. The first kappa shape index (κ1) is 10.2. The molecule has 0 saturated heterocycles. The average molecular weight is 203 g/mol. The lowest BCUT2D eigenvalue weighted by Gasteiger charge is -2.08. The molecule has 3 nitrogen and oxygen atoms in total. The van der Waals surface area contributed by atoms with E-state index >= 15 is 0 Å². The van der Waals surface area contributed by atoms with Crippen molar-refractivity contribution >= 4 is 11.6 Å². The van der Waals surface area contributed by atoms with E-state index in [-0.39, 0.29) is 12.4 Å². The summed E-state index contributed by atoms with van der Waals surface area (Å²) in [5.41, 5.74) is 0.544. The van der Waals surface area contributed by atoms with Crippen molar-refractivity contribution in [1.29, 1.82) is 0 Å². The molecule has 13 heavy (non-hydrogen) atoms. The number of hydrogen-bond acceptors (Lipinski definition) is 3. The van der Waals surface area contributed by atoms with Crippen LogP contribution in [0.4, 0.5) is 0 Å². The molecule has 0 saturated carbocycles. The SMILES string of the molecule is CCOc1cc(CO)c(Cl)cc1O. The van der Waals surface area contributed by atoms with Crippen molar-refractivity contribution in [3.05, 3.63) is 22.7 Å². The van der Waals surface area contributed by atoms with E-state index < -0.39 is 0 Å². The molecule has 0 bridgehead atoms. The third-order valence-corrected chi connectivity index (χ3v) is 1.95. The van der Waals surface area contributed by atoms with Crippen molar-refractivity contribution in [2.24, 2.45) is 0 Å². The van der Waals surface area contributed by atoms with Crippen LogP contribution in [-0.2, 0) is 6.61 Å². The monoisotopic (exact) mass is 202 g/mol. The molecule has 1 aromatic rings. The second kappa shape index (κ2) is 4.35. The summed E-state index contributed by atoms with van der Waals surface area (Å²) in [6.45, 7) is 2.10. The average Bonchev–Trinajstić information content (AvgIpc) is 2.10. The lowest BCUT2D eigenvalue weighted by molar-refractivity contribution is 0.278. The Morgan fingerprint density at radius 2 is 2.15 bits per heavy atom. The van der Waals surface area contributed by atoms with Gasteiger partial charge in [-0.15, -0.1) is 0 Å². The molecule has 2 N–H and O–H groups in total. The van der Waals surface area contributed by atoms with Crippen molar-refractivity contribution in [1.82, 2.24) is 0 Å². The summed E-state index contributed by atoms with van der Waals surface area (Å²) >= 11 is 5.73. The van der Waals surface area contributed by atoms with Crippen LogP contribution in [0.25, 0.3) is 0 Å². The molecule has 0 fully saturated rings. The van der Waals surface area contributed by atoms with Gasteiger partial charge in [0.15, 0.2) is 11.5 Å². The van der Waals surface area contributed by atoms with E-state index in [0.717, 1.165) is 0 Å². The summed E-state index contributed by atoms with van der Waals surface area (Å²) in [7, 11) is 0. The molecular weight excluding hydrogens is 192 g/mol. The number of hydrogen-bond donors (Lipinski definition) is 2. The van der Waals surface area contributed by atoms with Crippen LogP contribution >= 0.6 is 11.6 Å². The van der Waals surface area contributed by atoms with Gasteiger partial charge < -0.3 is 14.9 Å². The number of halogens is 1. The van der Waals surface area contributed by atoms with E-state index in [0.29, 0.717) is 22.9 Å². The van der Waals surface area contributed by atoms with Crippen molar-refractivity contribution < 1.29 is 14.9 Å².